The van der Waals surface area contributed by atoms with Crippen molar-refractivity contribution >= 4 is 23.0 Å². The van der Waals surface area contributed by atoms with E-state index in [0.717, 1.165) is 17.7 Å². The zero-order valence-corrected chi connectivity index (χ0v) is 11.8. The third-order valence-electron chi connectivity index (χ3n) is 3.16. The van der Waals surface area contributed by atoms with E-state index in [0.29, 0.717) is 18.0 Å². The van der Waals surface area contributed by atoms with E-state index < -0.39 is 5.97 Å². The lowest BCUT2D eigenvalue weighted by Gasteiger charge is -2.14. The van der Waals surface area contributed by atoms with E-state index in [1.807, 2.05) is 24.3 Å². The Balaban J connectivity index is 2.29. The first-order chi connectivity index (χ1) is 10.1. The lowest BCUT2D eigenvalue weighted by molar-refractivity contribution is 0.0697. The van der Waals surface area contributed by atoms with Gasteiger partial charge in [0.25, 0.3) is 0 Å². The third-order valence-corrected chi connectivity index (χ3v) is 3.16. The summed E-state index contributed by atoms with van der Waals surface area (Å²) in [6, 6.07) is 12.4. The molecule has 0 radical (unpaired) electrons. The molecule has 0 unspecified atom stereocenters. The van der Waals surface area contributed by atoms with Gasteiger partial charge in [-0.25, -0.2) is 4.79 Å². The number of carboxylic acid groups (broad SMARTS) is 1. The molecule has 110 valence electrons. The van der Waals surface area contributed by atoms with Crippen LogP contribution in [0, 0.1) is 0 Å². The lowest BCUT2D eigenvalue weighted by atomic mass is 10.1. The fourth-order valence-electron chi connectivity index (χ4n) is 2.01. The van der Waals surface area contributed by atoms with E-state index in [1.54, 1.807) is 13.2 Å². The minimum atomic E-state index is -0.981. The zero-order chi connectivity index (χ0) is 15.2. The number of hydrogen-bond donors (Lipinski definition) is 3. The smallest absolute Gasteiger partial charge is 0.335 e. The van der Waals surface area contributed by atoms with Crippen molar-refractivity contribution in [1.29, 1.82) is 0 Å². The summed E-state index contributed by atoms with van der Waals surface area (Å²) in [5, 5.41) is 12.3. The van der Waals surface area contributed by atoms with E-state index in [2.05, 4.69) is 5.32 Å². The van der Waals surface area contributed by atoms with Gasteiger partial charge in [0.15, 0.2) is 0 Å². The standard InChI is InChI=1S/C16H18N2O3/c1-21-9-8-11-4-2-3-5-14(11)18-15-10-12(16(19)20)6-7-13(15)17/h2-7,10,18H,8-9,17H2,1H3,(H,19,20). The summed E-state index contributed by atoms with van der Waals surface area (Å²) in [5.41, 5.74) is 9.16. The molecule has 0 aliphatic rings. The summed E-state index contributed by atoms with van der Waals surface area (Å²) in [6.07, 6.45) is 0.762. The molecule has 0 aliphatic carbocycles. The summed E-state index contributed by atoms with van der Waals surface area (Å²) in [7, 11) is 1.66. The maximum atomic E-state index is 11.0. The van der Waals surface area contributed by atoms with Crippen molar-refractivity contribution in [2.45, 2.75) is 6.42 Å². The minimum absolute atomic E-state index is 0.195. The predicted molar refractivity (Wildman–Crippen MR) is 83.1 cm³/mol. The highest BCUT2D eigenvalue weighted by molar-refractivity contribution is 5.91. The molecular weight excluding hydrogens is 268 g/mol. The number of aromatic carboxylic acids is 1. The zero-order valence-electron chi connectivity index (χ0n) is 11.8. The highest BCUT2D eigenvalue weighted by Gasteiger charge is 2.08. The Morgan fingerprint density at radius 2 is 2.00 bits per heavy atom. The molecule has 0 saturated heterocycles. The highest BCUT2D eigenvalue weighted by Crippen LogP contribution is 2.27. The number of anilines is 3. The molecule has 0 heterocycles. The van der Waals surface area contributed by atoms with Crippen LogP contribution in [0.2, 0.25) is 0 Å². The molecule has 0 amide bonds. The highest BCUT2D eigenvalue weighted by atomic mass is 16.5. The SMILES string of the molecule is COCCc1ccccc1Nc1cc(C(=O)O)ccc1N. The molecule has 2 aromatic carbocycles. The van der Waals surface area contributed by atoms with E-state index in [9.17, 15) is 4.79 Å². The molecule has 2 aromatic rings. The van der Waals surface area contributed by atoms with E-state index in [-0.39, 0.29) is 5.56 Å². The first kappa shape index (κ1) is 14.9. The van der Waals surface area contributed by atoms with Gasteiger partial charge in [0.1, 0.15) is 0 Å². The summed E-state index contributed by atoms with van der Waals surface area (Å²) in [5.74, 6) is -0.981. The number of carbonyl (C=O) groups is 1. The van der Waals surface area contributed by atoms with Crippen molar-refractivity contribution in [3.8, 4) is 0 Å². The summed E-state index contributed by atoms with van der Waals surface area (Å²) in [6.45, 7) is 0.614. The number of carboxylic acids is 1. The van der Waals surface area contributed by atoms with Crippen LogP contribution in [0.5, 0.6) is 0 Å². The van der Waals surface area contributed by atoms with Crippen molar-refractivity contribution in [1.82, 2.24) is 0 Å². The van der Waals surface area contributed by atoms with Crippen LogP contribution >= 0.6 is 0 Å². The van der Waals surface area contributed by atoms with Gasteiger partial charge in [-0.05, 0) is 36.2 Å². The van der Waals surface area contributed by atoms with Crippen LogP contribution in [-0.2, 0) is 11.2 Å². The fraction of sp³-hybridized carbons (Fsp3) is 0.188. The van der Waals surface area contributed by atoms with Crippen LogP contribution in [0.3, 0.4) is 0 Å². The van der Waals surface area contributed by atoms with Crippen LogP contribution in [0.4, 0.5) is 17.1 Å². The molecule has 5 heteroatoms. The van der Waals surface area contributed by atoms with Crippen molar-refractivity contribution in [3.63, 3.8) is 0 Å². The van der Waals surface area contributed by atoms with Gasteiger partial charge in [0, 0.05) is 12.8 Å². The minimum Gasteiger partial charge on any atom is -0.478 e. The van der Waals surface area contributed by atoms with E-state index in [4.69, 9.17) is 15.6 Å². The molecule has 0 spiro atoms. The molecule has 0 saturated carbocycles. The average Bonchev–Trinajstić information content (AvgIpc) is 2.48. The number of nitrogens with one attached hydrogen (secondary N) is 1. The molecule has 0 aromatic heterocycles. The number of benzene rings is 2. The molecule has 4 N–H and O–H groups in total. The van der Waals surface area contributed by atoms with Crippen molar-refractivity contribution in [3.05, 3.63) is 53.6 Å². The number of ether oxygens (including phenoxy) is 1. The number of hydrogen-bond acceptors (Lipinski definition) is 4. The van der Waals surface area contributed by atoms with Gasteiger partial charge in [-0.2, -0.15) is 0 Å². The topological polar surface area (TPSA) is 84.6 Å². The van der Waals surface area contributed by atoms with Gasteiger partial charge in [-0.3, -0.25) is 0 Å². The Bertz CT molecular complexity index is 641. The average molecular weight is 286 g/mol. The van der Waals surface area contributed by atoms with Crippen molar-refractivity contribution in [2.75, 3.05) is 24.8 Å². The third kappa shape index (κ3) is 3.73. The molecule has 0 atom stereocenters. The molecule has 2 rings (SSSR count). The monoisotopic (exact) mass is 286 g/mol. The van der Waals surface area contributed by atoms with Crippen LogP contribution in [0.15, 0.2) is 42.5 Å². The molecule has 5 nitrogen and oxygen atoms in total. The van der Waals surface area contributed by atoms with Crippen LogP contribution in [0.1, 0.15) is 15.9 Å². The maximum Gasteiger partial charge on any atom is 0.335 e. The van der Waals surface area contributed by atoms with E-state index in [1.165, 1.54) is 12.1 Å². The second-order valence-corrected chi connectivity index (χ2v) is 4.63. The van der Waals surface area contributed by atoms with Gasteiger partial charge >= 0.3 is 5.97 Å². The van der Waals surface area contributed by atoms with Crippen molar-refractivity contribution < 1.29 is 14.6 Å². The fourth-order valence-corrected chi connectivity index (χ4v) is 2.01. The number of para-hydroxylation sites is 1. The van der Waals surface area contributed by atoms with Crippen LogP contribution < -0.4 is 11.1 Å². The maximum absolute atomic E-state index is 11.0. The Hall–Kier alpha value is -2.53. The van der Waals surface area contributed by atoms with Gasteiger partial charge in [-0.15, -0.1) is 0 Å². The molecule has 0 bridgehead atoms. The summed E-state index contributed by atoms with van der Waals surface area (Å²) in [4.78, 5) is 11.0. The van der Waals surface area contributed by atoms with Gasteiger partial charge < -0.3 is 20.9 Å². The molecular formula is C16H18N2O3. The number of nitrogens with two attached hydrogens (primary N) is 1. The number of rotatable bonds is 6. The first-order valence-corrected chi connectivity index (χ1v) is 6.58. The number of nitrogen functional groups attached to an aromatic ring is 1. The second-order valence-electron chi connectivity index (χ2n) is 4.63. The van der Waals surface area contributed by atoms with E-state index >= 15 is 0 Å². The summed E-state index contributed by atoms with van der Waals surface area (Å²) >= 11 is 0. The van der Waals surface area contributed by atoms with Crippen molar-refractivity contribution in [2.24, 2.45) is 0 Å². The lowest BCUT2D eigenvalue weighted by Crippen LogP contribution is -2.04. The Morgan fingerprint density at radius 1 is 1.24 bits per heavy atom. The van der Waals surface area contributed by atoms with Gasteiger partial charge in [-0.1, -0.05) is 18.2 Å². The van der Waals surface area contributed by atoms with Crippen LogP contribution in [-0.4, -0.2) is 24.8 Å². The van der Waals surface area contributed by atoms with Crippen LogP contribution in [0.25, 0.3) is 0 Å². The Kier molecular flexibility index (Phi) is 4.79. The quantitative estimate of drug-likeness (QED) is 0.711. The first-order valence-electron chi connectivity index (χ1n) is 6.58. The number of methoxy groups -OCH3 is 1. The second kappa shape index (κ2) is 6.76. The largest absolute Gasteiger partial charge is 0.478 e. The predicted octanol–water partition coefficient (Wildman–Crippen LogP) is 2.90. The normalized spacial score (nSPS) is 10.3. The summed E-state index contributed by atoms with van der Waals surface area (Å²) < 4.78 is 5.10. The molecule has 21 heavy (non-hydrogen) atoms. The Labute approximate surface area is 123 Å². The van der Waals surface area contributed by atoms with Gasteiger partial charge in [0.05, 0.1) is 23.5 Å². The molecule has 0 aliphatic heterocycles. The van der Waals surface area contributed by atoms with Gasteiger partial charge in [0.2, 0.25) is 0 Å². The Morgan fingerprint density at radius 3 is 2.71 bits per heavy atom. The molecule has 0 fully saturated rings.